The fourth-order valence-electron chi connectivity index (χ4n) is 2.79. The minimum Gasteiger partial charge on any atom is -0.229 e. The van der Waals surface area contributed by atoms with Crippen LogP contribution in [0.4, 0.5) is 0 Å². The summed E-state index contributed by atoms with van der Waals surface area (Å²) >= 11 is 0. The van der Waals surface area contributed by atoms with E-state index in [-0.39, 0.29) is 0 Å². The molecule has 0 atom stereocenters. The molecule has 0 saturated carbocycles. The summed E-state index contributed by atoms with van der Waals surface area (Å²) in [5, 5.41) is 9.75. The van der Waals surface area contributed by atoms with Crippen molar-refractivity contribution >= 4 is 21.9 Å². The van der Waals surface area contributed by atoms with E-state index in [2.05, 4.69) is 55.3 Å². The largest absolute Gasteiger partial charge is 0.229 e. The maximum absolute atomic E-state index is 4.74. The van der Waals surface area contributed by atoms with Gasteiger partial charge in [-0.05, 0) is 61.7 Å². The van der Waals surface area contributed by atoms with Gasteiger partial charge in [0, 0.05) is 5.39 Å². The van der Waals surface area contributed by atoms with Crippen molar-refractivity contribution in [3.05, 3.63) is 59.2 Å². The molecule has 0 aliphatic rings. The van der Waals surface area contributed by atoms with Gasteiger partial charge in [-0.15, -0.1) is 5.10 Å². The molecular formula is C18H16N4. The van der Waals surface area contributed by atoms with Crippen LogP contribution in [0.1, 0.15) is 16.7 Å². The van der Waals surface area contributed by atoms with Gasteiger partial charge in [0.15, 0.2) is 5.82 Å². The molecule has 0 fully saturated rings. The van der Waals surface area contributed by atoms with Crippen molar-refractivity contribution in [2.75, 3.05) is 0 Å². The Labute approximate surface area is 128 Å². The first-order chi connectivity index (χ1) is 10.6. The van der Waals surface area contributed by atoms with Crippen LogP contribution in [0.25, 0.3) is 27.8 Å². The molecule has 2 aromatic heterocycles. The van der Waals surface area contributed by atoms with E-state index < -0.39 is 0 Å². The molecule has 4 rings (SSSR count). The van der Waals surface area contributed by atoms with Crippen LogP contribution in [0, 0.1) is 20.8 Å². The zero-order chi connectivity index (χ0) is 15.3. The fraction of sp³-hybridized carbons (Fsp3) is 0.167. The van der Waals surface area contributed by atoms with Gasteiger partial charge in [-0.1, -0.05) is 23.4 Å². The molecule has 2 heterocycles. The van der Waals surface area contributed by atoms with Gasteiger partial charge in [0.1, 0.15) is 5.52 Å². The van der Waals surface area contributed by atoms with E-state index in [1.165, 1.54) is 22.1 Å². The average molecular weight is 288 g/mol. The van der Waals surface area contributed by atoms with Crippen LogP contribution >= 0.6 is 0 Å². The minimum absolute atomic E-state index is 0.807. The number of nitrogens with zero attached hydrogens (tertiary/aromatic N) is 4. The Morgan fingerprint density at radius 1 is 0.818 bits per heavy atom. The Bertz CT molecular complexity index is 1010. The highest BCUT2D eigenvalue weighted by atomic mass is 15.4. The van der Waals surface area contributed by atoms with Crippen LogP contribution in [0.3, 0.4) is 0 Å². The van der Waals surface area contributed by atoms with E-state index in [4.69, 9.17) is 4.98 Å². The Morgan fingerprint density at radius 2 is 1.59 bits per heavy atom. The third-order valence-corrected chi connectivity index (χ3v) is 4.19. The van der Waals surface area contributed by atoms with Crippen molar-refractivity contribution in [3.8, 4) is 5.82 Å². The molecular weight excluding hydrogens is 272 g/mol. The minimum atomic E-state index is 0.807. The number of hydrogen-bond donors (Lipinski definition) is 0. The Balaban J connectivity index is 2.01. The molecule has 4 aromatic rings. The van der Waals surface area contributed by atoms with Gasteiger partial charge in [-0.25, -0.2) is 4.98 Å². The molecule has 108 valence electrons. The summed E-state index contributed by atoms with van der Waals surface area (Å²) in [5.41, 5.74) is 6.51. The molecule has 4 heteroatoms. The molecule has 4 nitrogen and oxygen atoms in total. The molecule has 0 aliphatic carbocycles. The van der Waals surface area contributed by atoms with E-state index in [9.17, 15) is 0 Å². The zero-order valence-corrected chi connectivity index (χ0v) is 12.8. The van der Waals surface area contributed by atoms with Crippen molar-refractivity contribution in [1.29, 1.82) is 0 Å². The van der Waals surface area contributed by atoms with E-state index in [1.54, 1.807) is 0 Å². The molecule has 0 N–H and O–H groups in total. The van der Waals surface area contributed by atoms with Gasteiger partial charge in [0.25, 0.3) is 0 Å². The molecule has 0 radical (unpaired) electrons. The first kappa shape index (κ1) is 13.0. The van der Waals surface area contributed by atoms with Crippen LogP contribution in [-0.2, 0) is 0 Å². The summed E-state index contributed by atoms with van der Waals surface area (Å²) in [6, 6.07) is 14.4. The van der Waals surface area contributed by atoms with E-state index >= 15 is 0 Å². The standard InChI is InChI=1S/C18H16N4/c1-11-8-16-17(9-12(11)2)22(21-20-16)18-10-13(3)14-6-4-5-7-15(14)19-18/h4-10H,1-3H3. The smallest absolute Gasteiger partial charge is 0.156 e. The molecule has 0 saturated heterocycles. The van der Waals surface area contributed by atoms with Crippen LogP contribution in [-0.4, -0.2) is 20.0 Å². The third kappa shape index (κ3) is 1.88. The first-order valence-corrected chi connectivity index (χ1v) is 7.33. The van der Waals surface area contributed by atoms with Crippen molar-refractivity contribution in [3.63, 3.8) is 0 Å². The molecule has 0 unspecified atom stereocenters. The van der Waals surface area contributed by atoms with E-state index in [0.717, 1.165) is 22.4 Å². The number of benzene rings is 2. The SMILES string of the molecule is Cc1cc2nnn(-c3cc(C)c4ccccc4n3)c2cc1C. The number of rotatable bonds is 1. The van der Waals surface area contributed by atoms with Gasteiger partial charge >= 0.3 is 0 Å². The Morgan fingerprint density at radius 3 is 2.45 bits per heavy atom. The summed E-state index contributed by atoms with van der Waals surface area (Å²) < 4.78 is 1.82. The highest BCUT2D eigenvalue weighted by Gasteiger charge is 2.11. The monoisotopic (exact) mass is 288 g/mol. The van der Waals surface area contributed by atoms with Gasteiger partial charge in [0.2, 0.25) is 0 Å². The van der Waals surface area contributed by atoms with Crippen molar-refractivity contribution in [2.45, 2.75) is 20.8 Å². The molecule has 2 aromatic carbocycles. The van der Waals surface area contributed by atoms with Gasteiger partial charge in [0.05, 0.1) is 11.0 Å². The van der Waals surface area contributed by atoms with E-state index in [1.807, 2.05) is 22.9 Å². The number of aryl methyl sites for hydroxylation is 3. The molecule has 0 spiro atoms. The number of hydrogen-bond acceptors (Lipinski definition) is 3. The number of aromatic nitrogens is 4. The van der Waals surface area contributed by atoms with Crippen molar-refractivity contribution < 1.29 is 0 Å². The lowest BCUT2D eigenvalue weighted by Gasteiger charge is -2.07. The third-order valence-electron chi connectivity index (χ3n) is 4.19. The van der Waals surface area contributed by atoms with Crippen molar-refractivity contribution in [1.82, 2.24) is 20.0 Å². The summed E-state index contributed by atoms with van der Waals surface area (Å²) in [6.45, 7) is 6.29. The Hall–Kier alpha value is -2.75. The molecule has 22 heavy (non-hydrogen) atoms. The lowest BCUT2D eigenvalue weighted by Crippen LogP contribution is -2.01. The molecule has 0 amide bonds. The first-order valence-electron chi connectivity index (χ1n) is 7.33. The second-order valence-electron chi connectivity index (χ2n) is 5.74. The summed E-state index contributed by atoms with van der Waals surface area (Å²) in [7, 11) is 0. The summed E-state index contributed by atoms with van der Waals surface area (Å²) in [4.78, 5) is 4.74. The second-order valence-corrected chi connectivity index (χ2v) is 5.74. The summed E-state index contributed by atoms with van der Waals surface area (Å²) in [5.74, 6) is 0.807. The van der Waals surface area contributed by atoms with Crippen LogP contribution in [0.15, 0.2) is 42.5 Å². The lowest BCUT2D eigenvalue weighted by molar-refractivity contribution is 0.804. The van der Waals surface area contributed by atoms with Crippen LogP contribution in [0.2, 0.25) is 0 Å². The lowest BCUT2D eigenvalue weighted by atomic mass is 10.1. The number of para-hydroxylation sites is 1. The highest BCUT2D eigenvalue weighted by molar-refractivity contribution is 5.84. The normalized spacial score (nSPS) is 11.4. The van der Waals surface area contributed by atoms with Gasteiger partial charge < -0.3 is 0 Å². The Kier molecular flexibility index (Phi) is 2.73. The van der Waals surface area contributed by atoms with Gasteiger partial charge in [-0.2, -0.15) is 4.68 Å². The van der Waals surface area contributed by atoms with Crippen molar-refractivity contribution in [2.24, 2.45) is 0 Å². The second kappa shape index (κ2) is 4.63. The van der Waals surface area contributed by atoms with Gasteiger partial charge in [-0.3, -0.25) is 0 Å². The van der Waals surface area contributed by atoms with Crippen LogP contribution in [0.5, 0.6) is 0 Å². The number of fused-ring (bicyclic) bond motifs is 2. The highest BCUT2D eigenvalue weighted by Crippen LogP contribution is 2.23. The van der Waals surface area contributed by atoms with E-state index in [0.29, 0.717) is 0 Å². The predicted octanol–water partition coefficient (Wildman–Crippen LogP) is 3.89. The zero-order valence-electron chi connectivity index (χ0n) is 12.8. The number of pyridine rings is 1. The maximum atomic E-state index is 4.74. The fourth-order valence-corrected chi connectivity index (χ4v) is 2.79. The molecule has 0 aliphatic heterocycles. The maximum Gasteiger partial charge on any atom is 0.156 e. The summed E-state index contributed by atoms with van der Waals surface area (Å²) in [6.07, 6.45) is 0. The average Bonchev–Trinajstić information content (AvgIpc) is 2.90. The molecule has 0 bridgehead atoms. The topological polar surface area (TPSA) is 43.6 Å². The quantitative estimate of drug-likeness (QED) is 0.533. The predicted molar refractivity (Wildman–Crippen MR) is 88.4 cm³/mol. The van der Waals surface area contributed by atoms with Crippen LogP contribution < -0.4 is 0 Å².